The van der Waals surface area contributed by atoms with Gasteiger partial charge in [-0.15, -0.1) is 0 Å². The van der Waals surface area contributed by atoms with Crippen molar-refractivity contribution in [2.45, 2.75) is 71.9 Å². The maximum atomic E-state index is 6.11. The molecule has 0 aliphatic carbocycles. The summed E-state index contributed by atoms with van der Waals surface area (Å²) in [4.78, 5) is 0. The second-order valence-electron chi connectivity index (χ2n) is 8.21. The van der Waals surface area contributed by atoms with Crippen molar-refractivity contribution < 1.29 is 10.1 Å². The minimum Gasteiger partial charge on any atom is -0.375 e. The molecule has 0 aromatic heterocycles. The van der Waals surface area contributed by atoms with E-state index >= 15 is 0 Å². The number of ether oxygens (including phenoxy) is 1. The van der Waals surface area contributed by atoms with Crippen molar-refractivity contribution in [1.82, 2.24) is 0 Å². The summed E-state index contributed by atoms with van der Waals surface area (Å²) in [6.45, 7) is 13.7. The van der Waals surface area contributed by atoms with Gasteiger partial charge in [0.1, 0.15) is 6.04 Å². The molecule has 24 heavy (non-hydrogen) atoms. The third-order valence-electron chi connectivity index (χ3n) is 6.31. The summed E-state index contributed by atoms with van der Waals surface area (Å²) in [5.41, 5.74) is 1.83. The largest absolute Gasteiger partial charge is 0.375 e. The molecule has 3 atom stereocenters. The average Bonchev–Trinajstić information content (AvgIpc) is 2.55. The van der Waals surface area contributed by atoms with Crippen LogP contribution < -0.4 is 5.32 Å². The Balaban J connectivity index is 1.95. The van der Waals surface area contributed by atoms with E-state index in [2.05, 4.69) is 52.1 Å². The van der Waals surface area contributed by atoms with Crippen LogP contribution in [0.3, 0.4) is 0 Å². The van der Waals surface area contributed by atoms with Gasteiger partial charge in [0.05, 0.1) is 12.1 Å². The van der Waals surface area contributed by atoms with E-state index in [9.17, 15) is 0 Å². The number of quaternary nitrogens is 1. The molecular formula is C21H35ClNO+. The first-order chi connectivity index (χ1) is 11.3. The lowest BCUT2D eigenvalue weighted by molar-refractivity contribution is -0.694. The topological polar surface area (TPSA) is 25.8 Å². The summed E-state index contributed by atoms with van der Waals surface area (Å²) in [7, 11) is 0. The fourth-order valence-electron chi connectivity index (χ4n) is 4.13. The number of rotatable bonds is 7. The molecule has 136 valence electrons. The van der Waals surface area contributed by atoms with Crippen molar-refractivity contribution in [3.63, 3.8) is 0 Å². The summed E-state index contributed by atoms with van der Waals surface area (Å²) in [5, 5.41) is 3.29. The first-order valence-electron chi connectivity index (χ1n) is 9.53. The van der Waals surface area contributed by atoms with Gasteiger partial charge in [0.2, 0.25) is 0 Å². The quantitative estimate of drug-likeness (QED) is 0.736. The van der Waals surface area contributed by atoms with E-state index in [0.717, 1.165) is 18.1 Å². The van der Waals surface area contributed by atoms with Gasteiger partial charge in [-0.25, -0.2) is 0 Å². The number of benzene rings is 1. The lowest BCUT2D eigenvalue weighted by Crippen LogP contribution is -2.85. The van der Waals surface area contributed by atoms with E-state index in [1.165, 1.54) is 31.4 Å². The second kappa shape index (κ2) is 8.21. The molecule has 1 aromatic rings. The fourth-order valence-corrected chi connectivity index (χ4v) is 4.26. The molecule has 0 spiro atoms. The molecule has 3 heteroatoms. The Bertz CT molecular complexity index is 515. The Morgan fingerprint density at radius 2 is 1.88 bits per heavy atom. The van der Waals surface area contributed by atoms with Crippen LogP contribution in [0.15, 0.2) is 24.3 Å². The standard InChI is InChI=1S/C21H34ClNO/c1-6-20(5)15-21(16(2)3,12-14-24-20)11-13-23-17(4)18-7-9-19(22)10-8-18/h7-10,16-17,23H,6,11-15H2,1-5H3/p+1/t17-,20-,21+/m0/s1. The van der Waals surface area contributed by atoms with Crippen LogP contribution in [0.2, 0.25) is 5.02 Å². The Morgan fingerprint density at radius 3 is 2.46 bits per heavy atom. The molecule has 0 bridgehead atoms. The molecule has 1 aromatic carbocycles. The van der Waals surface area contributed by atoms with Crippen molar-refractivity contribution in [3.05, 3.63) is 34.9 Å². The van der Waals surface area contributed by atoms with Gasteiger partial charge in [0, 0.05) is 23.6 Å². The van der Waals surface area contributed by atoms with E-state index in [-0.39, 0.29) is 5.60 Å². The Hall–Kier alpha value is -0.570. The minimum atomic E-state index is 0.0598. The van der Waals surface area contributed by atoms with Gasteiger partial charge < -0.3 is 10.1 Å². The van der Waals surface area contributed by atoms with Crippen LogP contribution in [0.4, 0.5) is 0 Å². The lowest BCUT2D eigenvalue weighted by atomic mass is 9.64. The molecule has 1 saturated heterocycles. The summed E-state index contributed by atoms with van der Waals surface area (Å²) in [6, 6.07) is 8.74. The number of hydrogen-bond donors (Lipinski definition) is 1. The number of nitrogens with two attached hydrogens (primary N) is 1. The molecule has 1 aliphatic rings. The monoisotopic (exact) mass is 352 g/mol. The van der Waals surface area contributed by atoms with Crippen LogP contribution in [-0.4, -0.2) is 18.8 Å². The highest BCUT2D eigenvalue weighted by atomic mass is 35.5. The third-order valence-corrected chi connectivity index (χ3v) is 6.56. The zero-order valence-electron chi connectivity index (χ0n) is 16.1. The van der Waals surface area contributed by atoms with E-state index < -0.39 is 0 Å². The van der Waals surface area contributed by atoms with Crippen LogP contribution >= 0.6 is 11.6 Å². The van der Waals surface area contributed by atoms with E-state index in [1.54, 1.807) is 0 Å². The Morgan fingerprint density at radius 1 is 1.21 bits per heavy atom. The maximum Gasteiger partial charge on any atom is 0.109 e. The normalized spacial score (nSPS) is 29.0. The van der Waals surface area contributed by atoms with Crippen LogP contribution in [0.25, 0.3) is 0 Å². The second-order valence-corrected chi connectivity index (χ2v) is 8.65. The highest BCUT2D eigenvalue weighted by Gasteiger charge is 2.44. The molecule has 1 fully saturated rings. The molecule has 1 heterocycles. The van der Waals surface area contributed by atoms with Crippen molar-refractivity contribution in [2.24, 2.45) is 11.3 Å². The zero-order chi connectivity index (χ0) is 17.8. The van der Waals surface area contributed by atoms with Gasteiger partial charge in [0.25, 0.3) is 0 Å². The first kappa shape index (κ1) is 19.8. The van der Waals surface area contributed by atoms with E-state index in [4.69, 9.17) is 16.3 Å². The molecule has 0 radical (unpaired) electrons. The highest BCUT2D eigenvalue weighted by molar-refractivity contribution is 6.30. The summed E-state index contributed by atoms with van der Waals surface area (Å²) in [5.74, 6) is 0.700. The van der Waals surface area contributed by atoms with Gasteiger partial charge in [-0.3, -0.25) is 0 Å². The molecule has 0 unspecified atom stereocenters. The molecular weight excluding hydrogens is 318 g/mol. The summed E-state index contributed by atoms with van der Waals surface area (Å²) in [6.07, 6.45) is 4.76. The van der Waals surface area contributed by atoms with Crippen molar-refractivity contribution in [1.29, 1.82) is 0 Å². The minimum absolute atomic E-state index is 0.0598. The van der Waals surface area contributed by atoms with Crippen LogP contribution in [-0.2, 0) is 4.74 Å². The van der Waals surface area contributed by atoms with Crippen molar-refractivity contribution >= 4 is 11.6 Å². The van der Waals surface area contributed by atoms with Gasteiger partial charge in [0.15, 0.2) is 0 Å². The fraction of sp³-hybridized carbons (Fsp3) is 0.714. The highest BCUT2D eigenvalue weighted by Crippen LogP contribution is 2.47. The predicted octanol–water partition coefficient (Wildman–Crippen LogP) is 4.98. The van der Waals surface area contributed by atoms with Crippen LogP contribution in [0.1, 0.15) is 71.9 Å². The van der Waals surface area contributed by atoms with Gasteiger partial charge in [-0.2, -0.15) is 0 Å². The van der Waals surface area contributed by atoms with Gasteiger partial charge in [-0.1, -0.05) is 44.5 Å². The third kappa shape index (κ3) is 4.74. The Kier molecular flexibility index (Phi) is 6.75. The number of halogens is 1. The first-order valence-corrected chi connectivity index (χ1v) is 9.91. The van der Waals surface area contributed by atoms with Crippen LogP contribution in [0.5, 0.6) is 0 Å². The molecule has 0 amide bonds. The molecule has 1 aliphatic heterocycles. The SMILES string of the molecule is CC[C@@]1(C)C[C@](CC[NH2+][C@@H](C)c2ccc(Cl)cc2)(C(C)C)CCO1. The van der Waals surface area contributed by atoms with E-state index in [1.807, 2.05) is 12.1 Å². The number of hydrogen-bond acceptors (Lipinski definition) is 1. The smallest absolute Gasteiger partial charge is 0.109 e. The molecule has 2 nitrogen and oxygen atoms in total. The molecule has 2 N–H and O–H groups in total. The van der Waals surface area contributed by atoms with Crippen molar-refractivity contribution in [3.8, 4) is 0 Å². The zero-order valence-corrected chi connectivity index (χ0v) is 16.8. The predicted molar refractivity (Wildman–Crippen MR) is 102 cm³/mol. The molecule has 0 saturated carbocycles. The summed E-state index contributed by atoms with van der Waals surface area (Å²) >= 11 is 5.99. The van der Waals surface area contributed by atoms with Crippen LogP contribution in [0, 0.1) is 11.3 Å². The Labute approximate surface area is 153 Å². The maximum absolute atomic E-state index is 6.11. The van der Waals surface area contributed by atoms with Gasteiger partial charge >= 0.3 is 0 Å². The van der Waals surface area contributed by atoms with Gasteiger partial charge in [-0.05, 0) is 56.6 Å². The lowest BCUT2D eigenvalue weighted by Gasteiger charge is -2.48. The molecule has 2 rings (SSSR count). The summed E-state index contributed by atoms with van der Waals surface area (Å²) < 4.78 is 6.11. The van der Waals surface area contributed by atoms with Crippen molar-refractivity contribution in [2.75, 3.05) is 13.2 Å². The van der Waals surface area contributed by atoms with E-state index in [0.29, 0.717) is 17.4 Å². The average molecular weight is 353 g/mol.